The fraction of sp³-hybridized carbons (Fsp3) is 0.750. The molecule has 1 N–H and O–H groups in total. The molecule has 0 saturated carbocycles. The van der Waals surface area contributed by atoms with E-state index in [0.717, 1.165) is 43.1 Å². The first-order valence-electron chi connectivity index (χ1n) is 8.20. The molecule has 1 aromatic rings. The molecule has 4 nitrogen and oxygen atoms in total. The maximum Gasteiger partial charge on any atom is 0.137 e. The van der Waals surface area contributed by atoms with Gasteiger partial charge in [-0.25, -0.2) is 9.97 Å². The van der Waals surface area contributed by atoms with E-state index in [4.69, 9.17) is 11.6 Å². The highest BCUT2D eigenvalue weighted by Gasteiger charge is 2.11. The van der Waals surface area contributed by atoms with E-state index in [9.17, 15) is 0 Å². The Kier molecular flexibility index (Phi) is 6.71. The van der Waals surface area contributed by atoms with Gasteiger partial charge in [0, 0.05) is 25.1 Å². The Morgan fingerprint density at radius 2 is 1.86 bits per heavy atom. The molecule has 0 bridgehead atoms. The van der Waals surface area contributed by atoms with Gasteiger partial charge in [-0.05, 0) is 39.3 Å². The average Bonchev–Trinajstić information content (AvgIpc) is 2.73. The van der Waals surface area contributed by atoms with Crippen molar-refractivity contribution in [3.05, 3.63) is 16.5 Å². The topological polar surface area (TPSA) is 41.1 Å². The Hall–Kier alpha value is -0.870. The van der Waals surface area contributed by atoms with Crippen molar-refractivity contribution in [1.29, 1.82) is 0 Å². The number of halogens is 1. The van der Waals surface area contributed by atoms with Crippen LogP contribution in [0.1, 0.15) is 50.4 Å². The lowest BCUT2D eigenvalue weighted by Crippen LogP contribution is -2.30. The highest BCUT2D eigenvalue weighted by molar-refractivity contribution is 6.30. The highest BCUT2D eigenvalue weighted by atomic mass is 35.5. The van der Waals surface area contributed by atoms with Crippen LogP contribution in [0, 0.1) is 6.92 Å². The maximum atomic E-state index is 6.20. The molecule has 2 heterocycles. The summed E-state index contributed by atoms with van der Waals surface area (Å²) in [4.78, 5) is 11.5. The molecule has 118 valence electrons. The van der Waals surface area contributed by atoms with E-state index in [-0.39, 0.29) is 0 Å². The Labute approximate surface area is 133 Å². The number of nitrogens with zero attached hydrogens (tertiary/aromatic N) is 3. The van der Waals surface area contributed by atoms with Crippen molar-refractivity contribution in [3.8, 4) is 0 Å². The van der Waals surface area contributed by atoms with Crippen LogP contribution in [0.15, 0.2) is 0 Å². The predicted octanol–water partition coefficient (Wildman–Crippen LogP) is 3.68. The minimum Gasteiger partial charge on any atom is -0.368 e. The number of aryl methyl sites for hydroxylation is 1. The van der Waals surface area contributed by atoms with Gasteiger partial charge in [0.2, 0.25) is 0 Å². The lowest BCUT2D eigenvalue weighted by Gasteiger charge is -2.20. The minimum atomic E-state index is 0.575. The van der Waals surface area contributed by atoms with Crippen LogP contribution in [0.2, 0.25) is 5.15 Å². The number of rotatable bonds is 6. The molecule has 0 aliphatic carbocycles. The Bertz CT molecular complexity index is 442. The van der Waals surface area contributed by atoms with E-state index < -0.39 is 0 Å². The molecule has 0 radical (unpaired) electrons. The number of anilines is 1. The van der Waals surface area contributed by atoms with Gasteiger partial charge in [-0.2, -0.15) is 0 Å². The van der Waals surface area contributed by atoms with Crippen molar-refractivity contribution in [2.24, 2.45) is 0 Å². The third-order valence-corrected chi connectivity index (χ3v) is 4.39. The summed E-state index contributed by atoms with van der Waals surface area (Å²) in [5.41, 5.74) is 0.951. The van der Waals surface area contributed by atoms with E-state index in [0.29, 0.717) is 5.15 Å². The second-order valence-corrected chi connectivity index (χ2v) is 6.19. The van der Waals surface area contributed by atoms with E-state index >= 15 is 0 Å². The summed E-state index contributed by atoms with van der Waals surface area (Å²) in [5, 5.41) is 4.02. The van der Waals surface area contributed by atoms with E-state index in [1.165, 1.54) is 38.8 Å². The summed E-state index contributed by atoms with van der Waals surface area (Å²) in [6, 6.07) is 0. The SMILES string of the molecule is CCCc1nc(Cl)c(C)c(NCCN2CCCCCC2)n1. The standard InChI is InChI=1S/C16H27ClN4/c1-3-8-14-19-15(17)13(2)16(20-14)18-9-12-21-10-6-4-5-7-11-21/h3-12H2,1-2H3,(H,18,19,20). The first-order chi connectivity index (χ1) is 10.2. The van der Waals surface area contributed by atoms with Crippen LogP contribution < -0.4 is 5.32 Å². The molecule has 0 amide bonds. The van der Waals surface area contributed by atoms with Crippen LogP contribution >= 0.6 is 11.6 Å². The average molecular weight is 311 g/mol. The number of likely N-dealkylation sites (tertiary alicyclic amines) is 1. The Balaban J connectivity index is 1.89. The number of nitrogens with one attached hydrogen (secondary N) is 1. The van der Waals surface area contributed by atoms with Crippen molar-refractivity contribution >= 4 is 17.4 Å². The molecule has 2 rings (SSSR count). The zero-order chi connectivity index (χ0) is 15.1. The monoisotopic (exact) mass is 310 g/mol. The summed E-state index contributed by atoms with van der Waals surface area (Å²) in [6.07, 6.45) is 7.33. The number of aromatic nitrogens is 2. The third kappa shape index (κ3) is 5.11. The van der Waals surface area contributed by atoms with Crippen LogP contribution in [0.5, 0.6) is 0 Å². The zero-order valence-electron chi connectivity index (χ0n) is 13.3. The molecular formula is C16H27ClN4. The van der Waals surface area contributed by atoms with Gasteiger partial charge in [0.1, 0.15) is 16.8 Å². The van der Waals surface area contributed by atoms with Gasteiger partial charge in [0.15, 0.2) is 0 Å². The predicted molar refractivity (Wildman–Crippen MR) is 89.2 cm³/mol. The number of hydrogen-bond acceptors (Lipinski definition) is 4. The maximum absolute atomic E-state index is 6.20. The van der Waals surface area contributed by atoms with E-state index in [1.807, 2.05) is 6.92 Å². The molecule has 1 aliphatic heterocycles. The minimum absolute atomic E-state index is 0.575. The fourth-order valence-corrected chi connectivity index (χ4v) is 2.92. The van der Waals surface area contributed by atoms with Crippen molar-refractivity contribution in [2.75, 3.05) is 31.5 Å². The molecule has 1 aliphatic rings. The molecule has 0 atom stereocenters. The normalized spacial score (nSPS) is 16.7. The molecule has 1 aromatic heterocycles. The van der Waals surface area contributed by atoms with Crippen molar-refractivity contribution in [2.45, 2.75) is 52.4 Å². The summed E-state index contributed by atoms with van der Waals surface area (Å²) >= 11 is 6.20. The first kappa shape index (κ1) is 16.5. The van der Waals surface area contributed by atoms with Crippen molar-refractivity contribution in [3.63, 3.8) is 0 Å². The van der Waals surface area contributed by atoms with Crippen molar-refractivity contribution in [1.82, 2.24) is 14.9 Å². The molecule has 0 unspecified atom stereocenters. The van der Waals surface area contributed by atoms with Crippen LogP contribution in [-0.2, 0) is 6.42 Å². The van der Waals surface area contributed by atoms with Crippen LogP contribution in [0.25, 0.3) is 0 Å². The Morgan fingerprint density at radius 3 is 2.52 bits per heavy atom. The van der Waals surface area contributed by atoms with Crippen molar-refractivity contribution < 1.29 is 0 Å². The molecule has 0 aromatic carbocycles. The fourth-order valence-electron chi connectivity index (χ4n) is 2.73. The number of hydrogen-bond donors (Lipinski definition) is 1. The van der Waals surface area contributed by atoms with Gasteiger partial charge in [0.25, 0.3) is 0 Å². The Morgan fingerprint density at radius 1 is 1.14 bits per heavy atom. The third-order valence-electron chi connectivity index (χ3n) is 4.03. The summed E-state index contributed by atoms with van der Waals surface area (Å²) < 4.78 is 0. The van der Waals surface area contributed by atoms with E-state index in [2.05, 4.69) is 27.1 Å². The first-order valence-corrected chi connectivity index (χ1v) is 8.57. The van der Waals surface area contributed by atoms with Crippen LogP contribution in [0.3, 0.4) is 0 Å². The smallest absolute Gasteiger partial charge is 0.137 e. The quantitative estimate of drug-likeness (QED) is 0.814. The molecule has 5 heteroatoms. The largest absolute Gasteiger partial charge is 0.368 e. The van der Waals surface area contributed by atoms with Crippen LogP contribution in [-0.4, -0.2) is 41.0 Å². The molecule has 0 spiro atoms. The van der Waals surface area contributed by atoms with Gasteiger partial charge >= 0.3 is 0 Å². The second-order valence-electron chi connectivity index (χ2n) is 5.84. The molecule has 1 saturated heterocycles. The van der Waals surface area contributed by atoms with E-state index in [1.54, 1.807) is 0 Å². The van der Waals surface area contributed by atoms with Gasteiger partial charge in [-0.3, -0.25) is 0 Å². The zero-order valence-corrected chi connectivity index (χ0v) is 14.0. The summed E-state index contributed by atoms with van der Waals surface area (Å²) in [6.45, 7) is 8.55. The second kappa shape index (κ2) is 8.54. The molecule has 21 heavy (non-hydrogen) atoms. The molecular weight excluding hydrogens is 284 g/mol. The van der Waals surface area contributed by atoms with Gasteiger partial charge in [-0.15, -0.1) is 0 Å². The van der Waals surface area contributed by atoms with Crippen LogP contribution in [0.4, 0.5) is 5.82 Å². The summed E-state index contributed by atoms with van der Waals surface area (Å²) in [7, 11) is 0. The lowest BCUT2D eigenvalue weighted by molar-refractivity contribution is 0.296. The van der Waals surface area contributed by atoms with Gasteiger partial charge in [0.05, 0.1) is 0 Å². The highest BCUT2D eigenvalue weighted by Crippen LogP contribution is 2.20. The molecule has 1 fully saturated rings. The summed E-state index contributed by atoms with van der Waals surface area (Å²) in [5.74, 6) is 1.73. The van der Waals surface area contributed by atoms with Gasteiger partial charge in [-0.1, -0.05) is 31.4 Å². The van der Waals surface area contributed by atoms with Gasteiger partial charge < -0.3 is 10.2 Å². The lowest BCUT2D eigenvalue weighted by atomic mass is 10.2.